The standard InChI is InChI=1S/C16H15N5O2/c1-12(19-14-5-8-16(17-11-14)21(22)23)13-3-6-15(7-4-13)20-10-2-9-18-20/h2-12,19H,1H3. The Balaban J connectivity index is 1.70. The summed E-state index contributed by atoms with van der Waals surface area (Å²) in [5, 5.41) is 18.1. The Labute approximate surface area is 132 Å². The molecule has 0 aliphatic heterocycles. The van der Waals surface area contributed by atoms with Gasteiger partial charge in [-0.05, 0) is 46.7 Å². The first-order chi connectivity index (χ1) is 11.1. The molecule has 1 unspecified atom stereocenters. The van der Waals surface area contributed by atoms with Gasteiger partial charge in [-0.15, -0.1) is 0 Å². The average Bonchev–Trinajstić information content (AvgIpc) is 3.10. The number of nitro groups is 1. The third-order valence-corrected chi connectivity index (χ3v) is 3.48. The topological polar surface area (TPSA) is 85.9 Å². The van der Waals surface area contributed by atoms with Crippen molar-refractivity contribution in [1.29, 1.82) is 0 Å². The SMILES string of the molecule is CC(Nc1ccc([N+](=O)[O-])nc1)c1ccc(-n2cccn2)cc1. The van der Waals surface area contributed by atoms with Crippen LogP contribution in [-0.2, 0) is 0 Å². The largest absolute Gasteiger partial charge is 0.375 e. The molecule has 1 N–H and O–H groups in total. The van der Waals surface area contributed by atoms with Crippen LogP contribution in [0.3, 0.4) is 0 Å². The van der Waals surface area contributed by atoms with Crippen molar-refractivity contribution in [2.45, 2.75) is 13.0 Å². The van der Waals surface area contributed by atoms with Crippen LogP contribution < -0.4 is 5.32 Å². The summed E-state index contributed by atoms with van der Waals surface area (Å²) in [6, 6.07) is 13.0. The molecule has 0 spiro atoms. The Morgan fingerprint density at radius 2 is 2.00 bits per heavy atom. The van der Waals surface area contributed by atoms with Crippen LogP contribution in [0.2, 0.25) is 0 Å². The zero-order valence-corrected chi connectivity index (χ0v) is 12.5. The van der Waals surface area contributed by atoms with E-state index >= 15 is 0 Å². The molecule has 7 heteroatoms. The second-order valence-electron chi connectivity index (χ2n) is 5.07. The van der Waals surface area contributed by atoms with E-state index in [1.807, 2.05) is 43.5 Å². The third kappa shape index (κ3) is 3.34. The monoisotopic (exact) mass is 309 g/mol. The molecule has 3 rings (SSSR count). The highest BCUT2D eigenvalue weighted by atomic mass is 16.6. The minimum absolute atomic E-state index is 0.0462. The number of nitrogens with one attached hydrogen (secondary N) is 1. The second-order valence-corrected chi connectivity index (χ2v) is 5.07. The lowest BCUT2D eigenvalue weighted by Crippen LogP contribution is -2.07. The van der Waals surface area contributed by atoms with Crippen molar-refractivity contribution in [3.63, 3.8) is 0 Å². The lowest BCUT2D eigenvalue weighted by atomic mass is 10.1. The van der Waals surface area contributed by atoms with Crippen LogP contribution in [-0.4, -0.2) is 19.7 Å². The van der Waals surface area contributed by atoms with Crippen LogP contribution in [0.4, 0.5) is 11.5 Å². The van der Waals surface area contributed by atoms with Gasteiger partial charge in [0.2, 0.25) is 0 Å². The van der Waals surface area contributed by atoms with E-state index in [1.54, 1.807) is 16.9 Å². The van der Waals surface area contributed by atoms with Crippen molar-refractivity contribution in [1.82, 2.24) is 14.8 Å². The highest BCUT2D eigenvalue weighted by Gasteiger charge is 2.10. The maximum Gasteiger partial charge on any atom is 0.363 e. The van der Waals surface area contributed by atoms with Crippen molar-refractivity contribution >= 4 is 11.5 Å². The molecule has 0 saturated carbocycles. The average molecular weight is 309 g/mol. The van der Waals surface area contributed by atoms with E-state index < -0.39 is 4.92 Å². The molecule has 23 heavy (non-hydrogen) atoms. The lowest BCUT2D eigenvalue weighted by molar-refractivity contribution is -0.389. The Kier molecular flexibility index (Phi) is 4.01. The van der Waals surface area contributed by atoms with Crippen LogP contribution in [0.5, 0.6) is 0 Å². The lowest BCUT2D eigenvalue weighted by Gasteiger charge is -2.15. The molecule has 3 aromatic rings. The van der Waals surface area contributed by atoms with E-state index in [4.69, 9.17) is 0 Å². The van der Waals surface area contributed by atoms with E-state index in [0.29, 0.717) is 0 Å². The van der Waals surface area contributed by atoms with Gasteiger partial charge in [-0.25, -0.2) is 4.68 Å². The van der Waals surface area contributed by atoms with Gasteiger partial charge in [0.1, 0.15) is 0 Å². The zero-order chi connectivity index (χ0) is 16.2. The van der Waals surface area contributed by atoms with Gasteiger partial charge < -0.3 is 15.4 Å². The number of pyridine rings is 1. The predicted molar refractivity (Wildman–Crippen MR) is 86.5 cm³/mol. The maximum absolute atomic E-state index is 10.6. The fraction of sp³-hybridized carbons (Fsp3) is 0.125. The molecule has 116 valence electrons. The van der Waals surface area contributed by atoms with Gasteiger partial charge in [-0.2, -0.15) is 5.10 Å². The molecule has 0 amide bonds. The second kappa shape index (κ2) is 6.27. The number of anilines is 1. The summed E-state index contributed by atoms with van der Waals surface area (Å²) < 4.78 is 1.79. The van der Waals surface area contributed by atoms with Gasteiger partial charge in [0.05, 0.1) is 11.4 Å². The smallest absolute Gasteiger partial charge is 0.363 e. The quantitative estimate of drug-likeness (QED) is 0.577. The number of rotatable bonds is 5. The summed E-state index contributed by atoms with van der Waals surface area (Å²) in [5.41, 5.74) is 2.82. The Morgan fingerprint density at radius 1 is 1.22 bits per heavy atom. The van der Waals surface area contributed by atoms with Crippen molar-refractivity contribution in [3.8, 4) is 5.69 Å². The molecule has 0 aliphatic carbocycles. The molecule has 0 radical (unpaired) electrons. The fourth-order valence-electron chi connectivity index (χ4n) is 2.25. The first-order valence-electron chi connectivity index (χ1n) is 7.10. The number of benzene rings is 1. The molecular formula is C16H15N5O2. The minimum Gasteiger partial charge on any atom is -0.375 e. The highest BCUT2D eigenvalue weighted by molar-refractivity contribution is 5.46. The van der Waals surface area contributed by atoms with Gasteiger partial charge in [0, 0.05) is 24.5 Å². The van der Waals surface area contributed by atoms with Crippen molar-refractivity contribution < 1.29 is 4.92 Å². The zero-order valence-electron chi connectivity index (χ0n) is 12.5. The maximum atomic E-state index is 10.6. The van der Waals surface area contributed by atoms with Crippen LogP contribution >= 0.6 is 0 Å². The Bertz CT molecular complexity index is 782. The molecule has 0 fully saturated rings. The van der Waals surface area contributed by atoms with Crippen LogP contribution in [0.25, 0.3) is 5.69 Å². The third-order valence-electron chi connectivity index (χ3n) is 3.48. The van der Waals surface area contributed by atoms with Gasteiger partial charge in [0.25, 0.3) is 0 Å². The van der Waals surface area contributed by atoms with E-state index in [-0.39, 0.29) is 11.9 Å². The summed E-state index contributed by atoms with van der Waals surface area (Å²) in [4.78, 5) is 13.9. The summed E-state index contributed by atoms with van der Waals surface area (Å²) in [6.45, 7) is 2.02. The first kappa shape index (κ1) is 14.7. The summed E-state index contributed by atoms with van der Waals surface area (Å²) >= 11 is 0. The molecule has 2 aromatic heterocycles. The van der Waals surface area contributed by atoms with E-state index in [1.165, 1.54) is 12.3 Å². The van der Waals surface area contributed by atoms with Crippen molar-refractivity contribution in [2.24, 2.45) is 0 Å². The van der Waals surface area contributed by atoms with E-state index in [2.05, 4.69) is 15.4 Å². The summed E-state index contributed by atoms with van der Waals surface area (Å²) in [5.74, 6) is -0.160. The number of hydrogen-bond donors (Lipinski definition) is 1. The molecule has 2 heterocycles. The van der Waals surface area contributed by atoms with E-state index in [0.717, 1.165) is 16.9 Å². The normalized spacial score (nSPS) is 11.9. The molecule has 0 saturated heterocycles. The molecule has 0 bridgehead atoms. The van der Waals surface area contributed by atoms with Crippen molar-refractivity contribution in [3.05, 3.63) is 76.7 Å². The molecule has 7 nitrogen and oxygen atoms in total. The van der Waals surface area contributed by atoms with Gasteiger partial charge >= 0.3 is 5.82 Å². The number of hydrogen-bond acceptors (Lipinski definition) is 5. The summed E-state index contributed by atoms with van der Waals surface area (Å²) in [7, 11) is 0. The number of nitrogens with zero attached hydrogens (tertiary/aromatic N) is 4. The van der Waals surface area contributed by atoms with E-state index in [9.17, 15) is 10.1 Å². The Hall–Kier alpha value is -3.22. The minimum atomic E-state index is -0.513. The van der Waals surface area contributed by atoms with Crippen LogP contribution in [0.15, 0.2) is 61.1 Å². The highest BCUT2D eigenvalue weighted by Crippen LogP contribution is 2.21. The molecule has 1 atom stereocenters. The van der Waals surface area contributed by atoms with Gasteiger partial charge in [-0.1, -0.05) is 12.1 Å². The predicted octanol–water partition coefficient (Wildman–Crippen LogP) is 3.35. The van der Waals surface area contributed by atoms with Crippen molar-refractivity contribution in [2.75, 3.05) is 5.32 Å². The molecular weight excluding hydrogens is 294 g/mol. The molecule has 0 aliphatic rings. The van der Waals surface area contributed by atoms with Crippen LogP contribution in [0, 0.1) is 10.1 Å². The fourth-order valence-corrected chi connectivity index (χ4v) is 2.25. The Morgan fingerprint density at radius 3 is 2.57 bits per heavy atom. The summed E-state index contributed by atoms with van der Waals surface area (Å²) in [6.07, 6.45) is 5.09. The van der Waals surface area contributed by atoms with Gasteiger partial charge in [0.15, 0.2) is 6.20 Å². The molecule has 1 aromatic carbocycles. The first-order valence-corrected chi connectivity index (χ1v) is 7.10. The van der Waals surface area contributed by atoms with Gasteiger partial charge in [-0.3, -0.25) is 0 Å². The van der Waals surface area contributed by atoms with Crippen LogP contribution in [0.1, 0.15) is 18.5 Å². The number of aromatic nitrogens is 3.